The molecule has 1 amide bonds. The van der Waals surface area contributed by atoms with E-state index in [-0.39, 0.29) is 11.2 Å². The molecule has 1 aliphatic heterocycles. The lowest BCUT2D eigenvalue weighted by atomic mass is 10.1. The average Bonchev–Trinajstić information content (AvgIpc) is 3.04. The van der Waals surface area contributed by atoms with Crippen molar-refractivity contribution in [2.24, 2.45) is 0 Å². The third kappa shape index (κ3) is 3.54. The second kappa shape index (κ2) is 7.31. The number of fused-ring (bicyclic) bond motifs is 1. The zero-order chi connectivity index (χ0) is 15.4. The Kier molecular flexibility index (Phi) is 5.18. The lowest BCUT2D eigenvalue weighted by molar-refractivity contribution is -0.120. The lowest BCUT2D eigenvalue weighted by Crippen LogP contribution is -2.31. The number of aliphatic hydroxyl groups is 1. The first kappa shape index (κ1) is 15.6. The summed E-state index contributed by atoms with van der Waals surface area (Å²) < 4.78 is 0. The van der Waals surface area contributed by atoms with Gasteiger partial charge in [-0.05, 0) is 41.2 Å². The Morgan fingerprint density at radius 2 is 2.14 bits per heavy atom. The molecule has 0 aliphatic carbocycles. The summed E-state index contributed by atoms with van der Waals surface area (Å²) in [5.41, 5.74) is 2.06. The Balaban J connectivity index is 1.51. The Bertz CT molecular complexity index is 627. The van der Waals surface area contributed by atoms with E-state index < -0.39 is 6.10 Å². The van der Waals surface area contributed by atoms with Crippen molar-refractivity contribution < 1.29 is 9.90 Å². The third-order valence-electron chi connectivity index (χ3n) is 3.82. The molecule has 22 heavy (non-hydrogen) atoms. The number of hydrogen-bond acceptors (Lipinski definition) is 4. The van der Waals surface area contributed by atoms with Gasteiger partial charge in [0.25, 0.3) is 0 Å². The largest absolute Gasteiger partial charge is 0.388 e. The van der Waals surface area contributed by atoms with Gasteiger partial charge in [-0.1, -0.05) is 30.3 Å². The van der Waals surface area contributed by atoms with Gasteiger partial charge >= 0.3 is 0 Å². The van der Waals surface area contributed by atoms with Crippen LogP contribution in [0.5, 0.6) is 0 Å². The molecule has 5 heteroatoms. The van der Waals surface area contributed by atoms with Gasteiger partial charge in [-0.15, -0.1) is 23.1 Å². The zero-order valence-electron chi connectivity index (χ0n) is 12.2. The van der Waals surface area contributed by atoms with E-state index in [0.717, 1.165) is 17.7 Å². The number of carbonyl (C=O) groups is 1. The summed E-state index contributed by atoms with van der Waals surface area (Å²) in [5, 5.41) is 15.1. The summed E-state index contributed by atoms with van der Waals surface area (Å²) in [4.78, 5) is 13.7. The summed E-state index contributed by atoms with van der Waals surface area (Å²) in [6.45, 7) is 0.491. The fourth-order valence-corrected chi connectivity index (χ4v) is 4.95. The summed E-state index contributed by atoms with van der Waals surface area (Å²) in [6, 6.07) is 11.6. The highest BCUT2D eigenvalue weighted by molar-refractivity contribution is 8.00. The molecule has 3 rings (SSSR count). The van der Waals surface area contributed by atoms with Gasteiger partial charge < -0.3 is 10.4 Å². The van der Waals surface area contributed by atoms with Gasteiger partial charge in [0.1, 0.15) is 5.25 Å². The summed E-state index contributed by atoms with van der Waals surface area (Å²) in [7, 11) is 0. The number of carbonyl (C=O) groups excluding carboxylic acids is 1. The second-order valence-corrected chi connectivity index (χ2v) is 7.52. The van der Waals surface area contributed by atoms with Crippen molar-refractivity contribution in [2.75, 3.05) is 12.3 Å². The van der Waals surface area contributed by atoms with Crippen LogP contribution in [0.25, 0.3) is 0 Å². The minimum Gasteiger partial charge on any atom is -0.388 e. The Hall–Kier alpha value is -1.30. The maximum absolute atomic E-state index is 12.4. The average molecular weight is 333 g/mol. The minimum atomic E-state index is -0.530. The number of nitrogens with one attached hydrogen (secondary N) is 1. The van der Waals surface area contributed by atoms with E-state index in [1.807, 2.05) is 30.3 Å². The standard InChI is InChI=1S/C17H19NO2S2/c19-14(12-4-2-1-3-5-12)6-9-18-17(20)16-13-7-10-21-15(13)8-11-22-16/h1-5,7,10,14,16,19H,6,8-9,11H2,(H,18,20). The van der Waals surface area contributed by atoms with Crippen molar-refractivity contribution in [3.8, 4) is 0 Å². The van der Waals surface area contributed by atoms with Crippen LogP contribution in [0.1, 0.15) is 33.8 Å². The monoisotopic (exact) mass is 333 g/mol. The molecule has 1 aromatic carbocycles. The van der Waals surface area contributed by atoms with Crippen molar-refractivity contribution >= 4 is 29.0 Å². The van der Waals surface area contributed by atoms with E-state index in [0.29, 0.717) is 13.0 Å². The predicted molar refractivity (Wildman–Crippen MR) is 92.3 cm³/mol. The molecule has 2 N–H and O–H groups in total. The van der Waals surface area contributed by atoms with Gasteiger partial charge in [0, 0.05) is 11.4 Å². The third-order valence-corrected chi connectivity index (χ3v) is 6.05. The molecule has 2 heterocycles. The molecule has 0 saturated heterocycles. The van der Waals surface area contributed by atoms with Gasteiger partial charge in [-0.3, -0.25) is 4.79 Å². The Labute approximate surface area is 138 Å². The molecular formula is C17H19NO2S2. The van der Waals surface area contributed by atoms with Crippen molar-refractivity contribution in [3.05, 3.63) is 57.8 Å². The van der Waals surface area contributed by atoms with Crippen LogP contribution in [0.4, 0.5) is 0 Å². The Morgan fingerprint density at radius 1 is 1.32 bits per heavy atom. The molecule has 116 valence electrons. The van der Waals surface area contributed by atoms with Crippen LogP contribution >= 0.6 is 23.1 Å². The topological polar surface area (TPSA) is 49.3 Å². The van der Waals surface area contributed by atoms with Gasteiger partial charge in [-0.25, -0.2) is 0 Å². The highest BCUT2D eigenvalue weighted by atomic mass is 32.2. The molecule has 3 nitrogen and oxygen atoms in total. The number of rotatable bonds is 5. The van der Waals surface area contributed by atoms with Gasteiger partial charge in [0.05, 0.1) is 6.10 Å². The molecule has 1 aliphatic rings. The quantitative estimate of drug-likeness (QED) is 0.882. The fourth-order valence-electron chi connectivity index (χ4n) is 2.63. The van der Waals surface area contributed by atoms with Gasteiger partial charge in [0.2, 0.25) is 5.91 Å². The maximum atomic E-state index is 12.4. The highest BCUT2D eigenvalue weighted by Gasteiger charge is 2.27. The van der Waals surface area contributed by atoms with E-state index in [2.05, 4.69) is 16.8 Å². The summed E-state index contributed by atoms with van der Waals surface area (Å²) >= 11 is 3.45. The van der Waals surface area contributed by atoms with E-state index >= 15 is 0 Å². The number of thiophene rings is 1. The smallest absolute Gasteiger partial charge is 0.237 e. The van der Waals surface area contributed by atoms with Crippen molar-refractivity contribution in [1.29, 1.82) is 0 Å². The number of aliphatic hydroxyl groups excluding tert-OH is 1. The number of hydrogen-bond donors (Lipinski definition) is 2. The van der Waals surface area contributed by atoms with E-state index in [1.54, 1.807) is 23.1 Å². The molecule has 2 unspecified atom stereocenters. The number of aryl methyl sites for hydroxylation is 1. The van der Waals surface area contributed by atoms with Crippen molar-refractivity contribution in [3.63, 3.8) is 0 Å². The SMILES string of the molecule is O=C(NCCC(O)c1ccccc1)C1SCCc2sccc21. The predicted octanol–water partition coefficient (Wildman–Crippen LogP) is 3.32. The fraction of sp³-hybridized carbons (Fsp3) is 0.353. The molecular weight excluding hydrogens is 314 g/mol. The minimum absolute atomic E-state index is 0.0598. The molecule has 0 bridgehead atoms. The van der Waals surface area contributed by atoms with E-state index in [4.69, 9.17) is 0 Å². The molecule has 2 aromatic rings. The van der Waals surface area contributed by atoms with Gasteiger partial charge in [-0.2, -0.15) is 0 Å². The highest BCUT2D eigenvalue weighted by Crippen LogP contribution is 2.39. The van der Waals surface area contributed by atoms with E-state index in [9.17, 15) is 9.90 Å². The molecule has 0 saturated carbocycles. The van der Waals surface area contributed by atoms with Crippen LogP contribution in [0.3, 0.4) is 0 Å². The summed E-state index contributed by atoms with van der Waals surface area (Å²) in [6.07, 6.45) is 1.06. The van der Waals surface area contributed by atoms with Crippen molar-refractivity contribution in [1.82, 2.24) is 5.32 Å². The molecule has 0 spiro atoms. The van der Waals surface area contributed by atoms with Crippen LogP contribution in [0.15, 0.2) is 41.8 Å². The first-order valence-corrected chi connectivity index (χ1v) is 9.37. The maximum Gasteiger partial charge on any atom is 0.237 e. The summed E-state index contributed by atoms with van der Waals surface area (Å²) in [5.74, 6) is 1.06. The normalized spacial score (nSPS) is 18.5. The Morgan fingerprint density at radius 3 is 2.95 bits per heavy atom. The van der Waals surface area contributed by atoms with Gasteiger partial charge in [0.15, 0.2) is 0 Å². The number of thioether (sulfide) groups is 1. The van der Waals surface area contributed by atoms with Crippen LogP contribution in [0, 0.1) is 0 Å². The molecule has 0 radical (unpaired) electrons. The number of benzene rings is 1. The molecule has 1 aromatic heterocycles. The van der Waals surface area contributed by atoms with Crippen LogP contribution in [-0.2, 0) is 11.2 Å². The molecule has 0 fully saturated rings. The van der Waals surface area contributed by atoms with Crippen LogP contribution in [-0.4, -0.2) is 23.3 Å². The first-order chi connectivity index (χ1) is 10.8. The zero-order valence-corrected chi connectivity index (χ0v) is 13.8. The molecule has 2 atom stereocenters. The lowest BCUT2D eigenvalue weighted by Gasteiger charge is -2.21. The van der Waals surface area contributed by atoms with E-state index in [1.165, 1.54) is 10.4 Å². The first-order valence-electron chi connectivity index (χ1n) is 7.44. The van der Waals surface area contributed by atoms with Crippen LogP contribution < -0.4 is 5.32 Å². The van der Waals surface area contributed by atoms with Crippen LogP contribution in [0.2, 0.25) is 0 Å². The second-order valence-electron chi connectivity index (χ2n) is 5.31. The number of amides is 1. The van der Waals surface area contributed by atoms with Crippen molar-refractivity contribution in [2.45, 2.75) is 24.2 Å².